The molecule has 0 aliphatic heterocycles. The smallest absolute Gasteiger partial charge is 0.169 e. The highest BCUT2D eigenvalue weighted by Gasteiger charge is 2.14. The van der Waals surface area contributed by atoms with Gasteiger partial charge in [0.05, 0.1) is 0 Å². The molecule has 2 aromatic rings. The molecule has 0 saturated heterocycles. The zero-order valence-electron chi connectivity index (χ0n) is 9.82. The summed E-state index contributed by atoms with van der Waals surface area (Å²) in [6, 6.07) is 8.14. The zero-order chi connectivity index (χ0) is 11.8. The van der Waals surface area contributed by atoms with Gasteiger partial charge in [-0.15, -0.1) is 0 Å². The Morgan fingerprint density at radius 3 is 2.56 bits per heavy atom. The lowest BCUT2D eigenvalue weighted by molar-refractivity contribution is 0.112. The molecule has 1 aromatic carbocycles. The quantitative estimate of drug-likeness (QED) is 0.680. The molecular weight excluding hydrogens is 198 g/mol. The summed E-state index contributed by atoms with van der Waals surface area (Å²) in [6.07, 6.45) is 2.48. The largest absolute Gasteiger partial charge is 0.296 e. The van der Waals surface area contributed by atoms with Gasteiger partial charge in [-0.05, 0) is 28.5 Å². The number of aldehydes is 1. The molecule has 16 heavy (non-hydrogen) atoms. The number of hydrogen-bond acceptors (Lipinski definition) is 2. The predicted octanol–water partition coefficient (Wildman–Crippen LogP) is 3.34. The van der Waals surface area contributed by atoms with Crippen molar-refractivity contribution in [3.63, 3.8) is 0 Å². The van der Waals surface area contributed by atoms with Crippen molar-refractivity contribution in [3.05, 3.63) is 41.7 Å². The lowest BCUT2D eigenvalue weighted by Crippen LogP contribution is -2.10. The lowest BCUT2D eigenvalue weighted by Gasteiger charge is -2.19. The molecule has 0 atom stereocenters. The molecule has 2 nitrogen and oxygen atoms in total. The van der Waals surface area contributed by atoms with E-state index in [-0.39, 0.29) is 5.41 Å². The summed E-state index contributed by atoms with van der Waals surface area (Å²) < 4.78 is 0. The number of carbonyl (C=O) groups excluding carboxylic acids is 1. The Morgan fingerprint density at radius 2 is 1.94 bits per heavy atom. The van der Waals surface area contributed by atoms with E-state index < -0.39 is 0 Å². The second-order valence-electron chi connectivity index (χ2n) is 5.00. The number of fused-ring (bicyclic) bond motifs is 1. The Morgan fingerprint density at radius 1 is 1.19 bits per heavy atom. The molecule has 1 heterocycles. The van der Waals surface area contributed by atoms with Crippen LogP contribution in [0.2, 0.25) is 0 Å². The first-order valence-corrected chi connectivity index (χ1v) is 5.37. The first-order valence-electron chi connectivity index (χ1n) is 5.37. The van der Waals surface area contributed by atoms with Gasteiger partial charge >= 0.3 is 0 Å². The summed E-state index contributed by atoms with van der Waals surface area (Å²) >= 11 is 0. The fourth-order valence-corrected chi connectivity index (χ4v) is 1.75. The number of rotatable bonds is 1. The predicted molar refractivity (Wildman–Crippen MR) is 65.8 cm³/mol. The van der Waals surface area contributed by atoms with Gasteiger partial charge in [-0.25, -0.2) is 0 Å². The van der Waals surface area contributed by atoms with Gasteiger partial charge in [-0.3, -0.25) is 9.78 Å². The number of carbonyl (C=O) groups is 1. The van der Waals surface area contributed by atoms with Crippen molar-refractivity contribution in [2.75, 3.05) is 0 Å². The summed E-state index contributed by atoms with van der Waals surface area (Å²) in [6.45, 7) is 6.47. The normalized spacial score (nSPS) is 11.7. The van der Waals surface area contributed by atoms with E-state index in [2.05, 4.69) is 37.9 Å². The Labute approximate surface area is 95.3 Å². The molecule has 2 heteroatoms. The molecule has 0 fully saturated rings. The molecule has 0 N–H and O–H groups in total. The molecular formula is C14H15NO. The van der Waals surface area contributed by atoms with Crippen LogP contribution in [0.3, 0.4) is 0 Å². The van der Waals surface area contributed by atoms with Gasteiger partial charge in [-0.1, -0.05) is 32.9 Å². The molecule has 0 aliphatic carbocycles. The summed E-state index contributed by atoms with van der Waals surface area (Å²) in [5.41, 5.74) is 1.82. The van der Waals surface area contributed by atoms with Crippen LogP contribution in [0.5, 0.6) is 0 Å². The van der Waals surface area contributed by atoms with E-state index in [0.717, 1.165) is 17.1 Å². The third-order valence-corrected chi connectivity index (χ3v) is 2.77. The van der Waals surface area contributed by atoms with Gasteiger partial charge in [0.2, 0.25) is 0 Å². The first-order chi connectivity index (χ1) is 7.52. The molecule has 0 radical (unpaired) electrons. The molecule has 0 aliphatic rings. The summed E-state index contributed by atoms with van der Waals surface area (Å²) in [7, 11) is 0. The van der Waals surface area contributed by atoms with Crippen molar-refractivity contribution >= 4 is 17.1 Å². The van der Waals surface area contributed by atoms with Gasteiger partial charge in [-0.2, -0.15) is 0 Å². The second-order valence-corrected chi connectivity index (χ2v) is 5.00. The SMILES string of the molecule is CC(C)(C)c1ccc2ccnc(C=O)c2c1. The van der Waals surface area contributed by atoms with Crippen LogP contribution >= 0.6 is 0 Å². The van der Waals surface area contributed by atoms with Crippen molar-refractivity contribution in [2.24, 2.45) is 0 Å². The second kappa shape index (κ2) is 3.71. The summed E-state index contributed by atoms with van der Waals surface area (Å²) in [4.78, 5) is 15.0. The van der Waals surface area contributed by atoms with Crippen molar-refractivity contribution in [1.29, 1.82) is 0 Å². The Bertz CT molecular complexity index is 538. The minimum atomic E-state index is 0.0875. The van der Waals surface area contributed by atoms with Crippen LogP contribution in [0.25, 0.3) is 10.8 Å². The van der Waals surface area contributed by atoms with Gasteiger partial charge < -0.3 is 0 Å². The fourth-order valence-electron chi connectivity index (χ4n) is 1.75. The molecule has 2 rings (SSSR count). The molecule has 0 spiro atoms. The Hall–Kier alpha value is -1.70. The van der Waals surface area contributed by atoms with Crippen LogP contribution in [0.15, 0.2) is 30.5 Å². The standard InChI is InChI=1S/C14H15NO/c1-14(2,3)11-5-4-10-6-7-15-13(9-16)12(10)8-11/h4-9H,1-3H3. The van der Waals surface area contributed by atoms with Crippen molar-refractivity contribution in [3.8, 4) is 0 Å². The van der Waals surface area contributed by atoms with Crippen molar-refractivity contribution < 1.29 is 4.79 Å². The van der Waals surface area contributed by atoms with Crippen molar-refractivity contribution in [1.82, 2.24) is 4.98 Å². The minimum absolute atomic E-state index is 0.0875. The average Bonchev–Trinajstić information content (AvgIpc) is 2.26. The number of benzene rings is 1. The maximum absolute atomic E-state index is 10.9. The van der Waals surface area contributed by atoms with Crippen LogP contribution in [-0.2, 0) is 5.41 Å². The van der Waals surface area contributed by atoms with Crippen LogP contribution in [0.1, 0.15) is 36.8 Å². The molecule has 0 bridgehead atoms. The van der Waals surface area contributed by atoms with E-state index in [4.69, 9.17) is 0 Å². The Kier molecular flexibility index (Phi) is 2.50. The molecule has 1 aromatic heterocycles. The van der Waals surface area contributed by atoms with E-state index in [1.165, 1.54) is 5.56 Å². The third kappa shape index (κ3) is 1.83. The first kappa shape index (κ1) is 10.8. The van der Waals surface area contributed by atoms with Crippen LogP contribution < -0.4 is 0 Å². The van der Waals surface area contributed by atoms with Crippen LogP contribution in [0.4, 0.5) is 0 Å². The Balaban J connectivity index is 2.73. The third-order valence-electron chi connectivity index (χ3n) is 2.77. The minimum Gasteiger partial charge on any atom is -0.296 e. The summed E-state index contributed by atoms with van der Waals surface area (Å²) in [5, 5.41) is 2.00. The summed E-state index contributed by atoms with van der Waals surface area (Å²) in [5.74, 6) is 0. The van der Waals surface area contributed by atoms with E-state index in [1.54, 1.807) is 6.20 Å². The molecule has 82 valence electrons. The molecule has 0 amide bonds. The maximum atomic E-state index is 10.9. The van der Waals surface area contributed by atoms with Gasteiger partial charge in [0.15, 0.2) is 6.29 Å². The van der Waals surface area contributed by atoms with Crippen LogP contribution in [-0.4, -0.2) is 11.3 Å². The van der Waals surface area contributed by atoms with Crippen LogP contribution in [0, 0.1) is 0 Å². The highest BCUT2D eigenvalue weighted by molar-refractivity contribution is 5.96. The van der Waals surface area contributed by atoms with E-state index in [9.17, 15) is 4.79 Å². The number of hydrogen-bond donors (Lipinski definition) is 0. The zero-order valence-corrected chi connectivity index (χ0v) is 9.82. The average molecular weight is 213 g/mol. The van der Waals surface area contributed by atoms with Gasteiger partial charge in [0, 0.05) is 11.6 Å². The fraction of sp³-hybridized carbons (Fsp3) is 0.286. The monoisotopic (exact) mass is 213 g/mol. The number of aromatic nitrogens is 1. The van der Waals surface area contributed by atoms with E-state index in [1.807, 2.05) is 12.1 Å². The molecule has 0 saturated carbocycles. The van der Waals surface area contributed by atoms with Crippen molar-refractivity contribution in [2.45, 2.75) is 26.2 Å². The number of nitrogens with zero attached hydrogens (tertiary/aromatic N) is 1. The maximum Gasteiger partial charge on any atom is 0.169 e. The highest BCUT2D eigenvalue weighted by atomic mass is 16.1. The lowest BCUT2D eigenvalue weighted by atomic mass is 9.86. The molecule has 0 unspecified atom stereocenters. The van der Waals surface area contributed by atoms with E-state index >= 15 is 0 Å². The highest BCUT2D eigenvalue weighted by Crippen LogP contribution is 2.26. The van der Waals surface area contributed by atoms with Gasteiger partial charge in [0.1, 0.15) is 5.69 Å². The topological polar surface area (TPSA) is 30.0 Å². The number of pyridine rings is 1. The van der Waals surface area contributed by atoms with E-state index in [0.29, 0.717) is 5.69 Å². The van der Waals surface area contributed by atoms with Gasteiger partial charge in [0.25, 0.3) is 0 Å².